The summed E-state index contributed by atoms with van der Waals surface area (Å²) >= 11 is 1.11. The first kappa shape index (κ1) is 14.1. The first-order valence-electron chi connectivity index (χ1n) is 6.64. The summed E-state index contributed by atoms with van der Waals surface area (Å²) < 4.78 is 32.1. The number of benzene rings is 1. The van der Waals surface area contributed by atoms with Crippen LogP contribution in [0.3, 0.4) is 0 Å². The van der Waals surface area contributed by atoms with E-state index in [2.05, 4.69) is 4.98 Å². The predicted molar refractivity (Wildman–Crippen MR) is 77.3 cm³/mol. The molecule has 1 heterocycles. The summed E-state index contributed by atoms with van der Waals surface area (Å²) in [5.74, 6) is -0.249. The minimum atomic E-state index is -0.612. The molecule has 1 aliphatic carbocycles. The topological polar surface area (TPSA) is 48.1 Å². The zero-order valence-corrected chi connectivity index (χ0v) is 12.0. The van der Waals surface area contributed by atoms with E-state index >= 15 is 0 Å². The highest BCUT2D eigenvalue weighted by molar-refractivity contribution is 7.99. The van der Waals surface area contributed by atoms with Gasteiger partial charge in [-0.3, -0.25) is 0 Å². The number of hydrogen-bond acceptors (Lipinski definition) is 4. The van der Waals surface area contributed by atoms with Crippen molar-refractivity contribution in [3.05, 3.63) is 42.0 Å². The molecule has 1 aromatic heterocycles. The van der Waals surface area contributed by atoms with Crippen LogP contribution in [0, 0.1) is 17.6 Å². The van der Waals surface area contributed by atoms with Gasteiger partial charge in [-0.15, -0.1) is 0 Å². The Balaban J connectivity index is 1.76. The van der Waals surface area contributed by atoms with Crippen LogP contribution in [-0.4, -0.2) is 11.6 Å². The van der Waals surface area contributed by atoms with Gasteiger partial charge < -0.3 is 10.5 Å². The third-order valence-corrected chi connectivity index (χ3v) is 4.11. The molecule has 0 spiro atoms. The van der Waals surface area contributed by atoms with Crippen LogP contribution in [-0.2, 0) is 0 Å². The summed E-state index contributed by atoms with van der Waals surface area (Å²) in [4.78, 5) is 4.59. The Morgan fingerprint density at radius 1 is 1.24 bits per heavy atom. The molecule has 0 aliphatic heterocycles. The number of nitrogens with two attached hydrogens (primary N) is 1. The van der Waals surface area contributed by atoms with Gasteiger partial charge in [-0.1, -0.05) is 11.8 Å². The third-order valence-electron chi connectivity index (χ3n) is 3.13. The number of rotatable bonds is 5. The van der Waals surface area contributed by atoms with Gasteiger partial charge in [-0.05, 0) is 43.0 Å². The molecule has 3 nitrogen and oxygen atoms in total. The lowest BCUT2D eigenvalue weighted by Crippen LogP contribution is -2.04. The lowest BCUT2D eigenvalue weighted by Gasteiger charge is -2.09. The van der Waals surface area contributed by atoms with Crippen molar-refractivity contribution in [2.75, 3.05) is 12.3 Å². The van der Waals surface area contributed by atoms with Crippen molar-refractivity contribution in [2.45, 2.75) is 22.8 Å². The maximum atomic E-state index is 13.6. The van der Waals surface area contributed by atoms with Crippen LogP contribution in [0.4, 0.5) is 14.5 Å². The van der Waals surface area contributed by atoms with Crippen molar-refractivity contribution >= 4 is 17.4 Å². The predicted octanol–water partition coefficient (Wildman–Crippen LogP) is 3.88. The molecular weight excluding hydrogens is 294 g/mol. The molecule has 2 aromatic rings. The summed E-state index contributed by atoms with van der Waals surface area (Å²) in [6.45, 7) is 0.607. The maximum Gasteiger partial charge on any atom is 0.238 e. The fraction of sp³-hybridized carbons (Fsp3) is 0.267. The third kappa shape index (κ3) is 3.64. The average Bonchev–Trinajstić information content (AvgIpc) is 3.26. The van der Waals surface area contributed by atoms with Gasteiger partial charge in [-0.25, -0.2) is 13.8 Å². The molecule has 1 aliphatic rings. The quantitative estimate of drug-likeness (QED) is 0.910. The van der Waals surface area contributed by atoms with Crippen LogP contribution in [0.2, 0.25) is 0 Å². The summed E-state index contributed by atoms with van der Waals surface area (Å²) in [5, 5.41) is 0.556. The minimum absolute atomic E-state index is 0.307. The number of halogens is 2. The summed E-state index contributed by atoms with van der Waals surface area (Å²) in [6, 6.07) is 6.82. The fourth-order valence-corrected chi connectivity index (χ4v) is 2.54. The second-order valence-electron chi connectivity index (χ2n) is 4.98. The molecule has 6 heteroatoms. The van der Waals surface area contributed by atoms with Crippen molar-refractivity contribution in [2.24, 2.45) is 5.92 Å². The van der Waals surface area contributed by atoms with Crippen LogP contribution in [0.5, 0.6) is 5.88 Å². The lowest BCUT2D eigenvalue weighted by atomic mass is 10.3. The van der Waals surface area contributed by atoms with E-state index in [1.54, 1.807) is 12.1 Å². The minimum Gasteiger partial charge on any atom is -0.476 e. The molecule has 0 atom stereocenters. The monoisotopic (exact) mass is 308 g/mol. The molecule has 1 fully saturated rings. The normalized spacial score (nSPS) is 14.2. The lowest BCUT2D eigenvalue weighted by molar-refractivity contribution is 0.288. The molecular formula is C15H14F2N2OS. The molecule has 0 amide bonds. The van der Waals surface area contributed by atoms with E-state index < -0.39 is 11.6 Å². The Labute approximate surface area is 125 Å². The molecule has 21 heavy (non-hydrogen) atoms. The molecule has 1 aromatic carbocycles. The molecule has 110 valence electrons. The molecule has 2 N–H and O–H groups in total. The number of anilines is 1. The second kappa shape index (κ2) is 5.89. The zero-order chi connectivity index (χ0) is 14.8. The summed E-state index contributed by atoms with van der Waals surface area (Å²) in [7, 11) is 0. The molecule has 1 saturated carbocycles. The van der Waals surface area contributed by atoms with E-state index in [-0.39, 0.29) is 0 Å². The number of aromatic nitrogens is 1. The number of ether oxygens (including phenoxy) is 1. The van der Waals surface area contributed by atoms with Crippen LogP contribution < -0.4 is 10.5 Å². The fourth-order valence-electron chi connectivity index (χ4n) is 1.76. The van der Waals surface area contributed by atoms with Gasteiger partial charge in [0.25, 0.3) is 0 Å². The van der Waals surface area contributed by atoms with Crippen molar-refractivity contribution in [1.29, 1.82) is 0 Å². The maximum absolute atomic E-state index is 13.6. The Morgan fingerprint density at radius 2 is 2.05 bits per heavy atom. The number of pyridine rings is 1. The van der Waals surface area contributed by atoms with E-state index in [9.17, 15) is 8.78 Å². The highest BCUT2D eigenvalue weighted by Gasteiger charge is 2.22. The van der Waals surface area contributed by atoms with Crippen LogP contribution in [0.25, 0.3) is 0 Å². The largest absolute Gasteiger partial charge is 0.476 e. The molecule has 0 unspecified atom stereocenters. The number of hydrogen-bond donors (Lipinski definition) is 1. The van der Waals surface area contributed by atoms with Crippen molar-refractivity contribution in [3.8, 4) is 5.88 Å². The van der Waals surface area contributed by atoms with Gasteiger partial charge >= 0.3 is 0 Å². The Kier molecular flexibility index (Phi) is 3.96. The highest BCUT2D eigenvalue weighted by atomic mass is 32.2. The Morgan fingerprint density at radius 3 is 2.76 bits per heavy atom. The van der Waals surface area contributed by atoms with Gasteiger partial charge in [0, 0.05) is 11.0 Å². The molecule has 0 saturated heterocycles. The van der Waals surface area contributed by atoms with Crippen LogP contribution in [0.1, 0.15) is 12.8 Å². The molecule has 0 radical (unpaired) electrons. The van der Waals surface area contributed by atoms with E-state index in [1.165, 1.54) is 25.0 Å². The van der Waals surface area contributed by atoms with Gasteiger partial charge in [0.2, 0.25) is 5.88 Å². The van der Waals surface area contributed by atoms with Gasteiger partial charge in [0.1, 0.15) is 16.7 Å². The molecule has 0 bridgehead atoms. The van der Waals surface area contributed by atoms with E-state index in [0.29, 0.717) is 34.0 Å². The van der Waals surface area contributed by atoms with E-state index in [0.717, 1.165) is 17.8 Å². The number of nitrogens with zero attached hydrogens (tertiary/aromatic N) is 1. The van der Waals surface area contributed by atoms with Gasteiger partial charge in [0.05, 0.1) is 12.3 Å². The van der Waals surface area contributed by atoms with Crippen molar-refractivity contribution < 1.29 is 13.5 Å². The average molecular weight is 308 g/mol. The van der Waals surface area contributed by atoms with Crippen molar-refractivity contribution in [3.63, 3.8) is 0 Å². The van der Waals surface area contributed by atoms with Gasteiger partial charge in [-0.2, -0.15) is 0 Å². The Hall–Kier alpha value is -1.82. The SMILES string of the molecule is Nc1ccc(Sc2ccc(F)cc2F)nc1OCC1CC1. The number of nitrogen functional groups attached to an aromatic ring is 1. The summed E-state index contributed by atoms with van der Waals surface area (Å²) in [5.41, 5.74) is 6.28. The first-order valence-corrected chi connectivity index (χ1v) is 7.45. The van der Waals surface area contributed by atoms with Crippen LogP contribution in [0.15, 0.2) is 40.3 Å². The summed E-state index contributed by atoms with van der Waals surface area (Å²) in [6.07, 6.45) is 2.35. The Bertz CT molecular complexity index is 662. The zero-order valence-electron chi connectivity index (χ0n) is 11.2. The standard InChI is InChI=1S/C15H14F2N2OS/c16-10-3-5-13(11(17)7-10)21-14-6-4-12(18)15(19-14)20-8-9-1-2-9/h3-7,9H,1-2,8,18H2. The highest BCUT2D eigenvalue weighted by Crippen LogP contribution is 2.33. The van der Waals surface area contributed by atoms with Gasteiger partial charge in [0.15, 0.2) is 0 Å². The molecule has 3 rings (SSSR count). The smallest absolute Gasteiger partial charge is 0.238 e. The van der Waals surface area contributed by atoms with Crippen molar-refractivity contribution in [1.82, 2.24) is 4.98 Å². The van der Waals surface area contributed by atoms with E-state index in [4.69, 9.17) is 10.5 Å². The van der Waals surface area contributed by atoms with Crippen LogP contribution >= 0.6 is 11.8 Å². The van der Waals surface area contributed by atoms with E-state index in [1.807, 2.05) is 0 Å². The second-order valence-corrected chi connectivity index (χ2v) is 6.04. The first-order chi connectivity index (χ1) is 10.1.